The van der Waals surface area contributed by atoms with Gasteiger partial charge in [0.25, 0.3) is 0 Å². The number of hydrogen-bond donors (Lipinski definition) is 4. The molecule has 0 unspecified atom stereocenters. The summed E-state index contributed by atoms with van der Waals surface area (Å²) in [4.78, 5) is 8.51. The van der Waals surface area contributed by atoms with Crippen molar-refractivity contribution in [3.63, 3.8) is 0 Å². The summed E-state index contributed by atoms with van der Waals surface area (Å²) in [6.45, 7) is 2.55. The van der Waals surface area contributed by atoms with Gasteiger partial charge in [-0.05, 0) is 18.8 Å². The minimum atomic E-state index is 0.367. The molecular formula is C11H17N7O. The highest BCUT2D eigenvalue weighted by Crippen LogP contribution is 2.21. The molecule has 5 N–H and O–H groups in total. The van der Waals surface area contributed by atoms with Gasteiger partial charge in [-0.25, -0.2) is 5.84 Å². The lowest BCUT2D eigenvalue weighted by Crippen LogP contribution is -2.23. The molecule has 0 radical (unpaired) electrons. The van der Waals surface area contributed by atoms with Gasteiger partial charge in [0.1, 0.15) is 5.82 Å². The van der Waals surface area contributed by atoms with E-state index in [-0.39, 0.29) is 0 Å². The molecule has 3 rings (SSSR count). The van der Waals surface area contributed by atoms with Crippen molar-refractivity contribution >= 4 is 22.8 Å². The Morgan fingerprint density at radius 3 is 3.00 bits per heavy atom. The number of ether oxygens (including phenoxy) is 1. The maximum absolute atomic E-state index is 5.36. The molecule has 0 atom stereocenters. The van der Waals surface area contributed by atoms with Gasteiger partial charge in [-0.3, -0.25) is 10.5 Å². The Kier molecular flexibility index (Phi) is 3.43. The van der Waals surface area contributed by atoms with Crippen LogP contribution >= 0.6 is 0 Å². The van der Waals surface area contributed by atoms with Crippen molar-refractivity contribution in [1.82, 2.24) is 20.2 Å². The third kappa shape index (κ3) is 2.59. The number of aromatic nitrogens is 4. The van der Waals surface area contributed by atoms with Crippen LogP contribution in [0.3, 0.4) is 0 Å². The van der Waals surface area contributed by atoms with Crippen molar-refractivity contribution in [3.8, 4) is 0 Å². The highest BCUT2D eigenvalue weighted by atomic mass is 16.5. The van der Waals surface area contributed by atoms with Crippen LogP contribution in [0.2, 0.25) is 0 Å². The second-order valence-electron chi connectivity index (χ2n) is 4.61. The summed E-state index contributed by atoms with van der Waals surface area (Å²) in [6, 6.07) is 0. The molecule has 0 amide bonds. The highest BCUT2D eigenvalue weighted by Gasteiger charge is 2.15. The normalized spacial score (nSPS) is 16.7. The van der Waals surface area contributed by atoms with Crippen molar-refractivity contribution < 1.29 is 4.74 Å². The number of rotatable bonds is 4. The van der Waals surface area contributed by atoms with Crippen LogP contribution in [0.4, 0.5) is 11.8 Å². The maximum Gasteiger partial charge on any atom is 0.241 e. The molecule has 0 aromatic carbocycles. The topological polar surface area (TPSA) is 114 Å². The number of nitrogens with two attached hydrogens (primary N) is 1. The first-order valence-corrected chi connectivity index (χ1v) is 6.36. The number of hydrogen-bond acceptors (Lipinski definition) is 7. The number of hydrazine groups is 1. The van der Waals surface area contributed by atoms with E-state index >= 15 is 0 Å². The molecule has 102 valence electrons. The molecule has 1 fully saturated rings. The summed E-state index contributed by atoms with van der Waals surface area (Å²) in [5.74, 6) is 7.09. The second kappa shape index (κ2) is 5.37. The van der Waals surface area contributed by atoms with E-state index < -0.39 is 0 Å². The van der Waals surface area contributed by atoms with Gasteiger partial charge in [0.15, 0.2) is 5.65 Å². The number of aromatic amines is 1. The Labute approximate surface area is 110 Å². The quantitative estimate of drug-likeness (QED) is 0.468. The summed E-state index contributed by atoms with van der Waals surface area (Å²) in [5.41, 5.74) is 3.12. The summed E-state index contributed by atoms with van der Waals surface area (Å²) in [5, 5.41) is 11.0. The summed E-state index contributed by atoms with van der Waals surface area (Å²) in [6.07, 6.45) is 3.87. The molecule has 0 bridgehead atoms. The van der Waals surface area contributed by atoms with Crippen LogP contribution in [0.15, 0.2) is 6.20 Å². The Bertz CT molecular complexity index is 549. The van der Waals surface area contributed by atoms with Gasteiger partial charge >= 0.3 is 0 Å². The zero-order valence-electron chi connectivity index (χ0n) is 10.5. The van der Waals surface area contributed by atoms with E-state index in [1.165, 1.54) is 0 Å². The maximum atomic E-state index is 5.36. The smallest absolute Gasteiger partial charge is 0.241 e. The van der Waals surface area contributed by atoms with E-state index in [9.17, 15) is 0 Å². The first-order chi connectivity index (χ1) is 9.36. The summed E-state index contributed by atoms with van der Waals surface area (Å²) in [7, 11) is 0. The average Bonchev–Trinajstić information content (AvgIpc) is 2.94. The molecule has 1 saturated heterocycles. The van der Waals surface area contributed by atoms with E-state index in [0.717, 1.165) is 43.8 Å². The lowest BCUT2D eigenvalue weighted by molar-refractivity contribution is 0.0699. The number of nitrogens with one attached hydrogen (secondary N) is 3. The van der Waals surface area contributed by atoms with Gasteiger partial charge in [0, 0.05) is 19.8 Å². The van der Waals surface area contributed by atoms with Crippen LogP contribution in [0.25, 0.3) is 11.0 Å². The molecule has 1 aliphatic heterocycles. The summed E-state index contributed by atoms with van der Waals surface area (Å²) < 4.78 is 5.35. The number of nitrogen functional groups attached to an aromatic ring is 1. The zero-order chi connectivity index (χ0) is 13.1. The number of H-pyrrole nitrogens is 1. The molecule has 0 aliphatic carbocycles. The Morgan fingerprint density at radius 1 is 1.37 bits per heavy atom. The van der Waals surface area contributed by atoms with Gasteiger partial charge in [-0.2, -0.15) is 15.1 Å². The van der Waals surface area contributed by atoms with Gasteiger partial charge < -0.3 is 10.1 Å². The van der Waals surface area contributed by atoms with E-state index in [4.69, 9.17) is 10.6 Å². The fraction of sp³-hybridized carbons (Fsp3) is 0.545. The van der Waals surface area contributed by atoms with Crippen molar-refractivity contribution in [2.75, 3.05) is 30.5 Å². The monoisotopic (exact) mass is 263 g/mol. The molecule has 0 spiro atoms. The van der Waals surface area contributed by atoms with Crippen molar-refractivity contribution in [2.24, 2.45) is 11.8 Å². The Morgan fingerprint density at radius 2 is 2.21 bits per heavy atom. The second-order valence-corrected chi connectivity index (χ2v) is 4.61. The molecule has 2 aromatic rings. The van der Waals surface area contributed by atoms with Gasteiger partial charge in [-0.1, -0.05) is 0 Å². The van der Waals surface area contributed by atoms with Crippen molar-refractivity contribution in [1.29, 1.82) is 0 Å². The SMILES string of the molecule is NNc1nc(NCC2CCOCC2)c2cn[nH]c2n1. The minimum absolute atomic E-state index is 0.367. The van der Waals surface area contributed by atoms with Crippen LogP contribution in [0, 0.1) is 5.92 Å². The predicted molar refractivity (Wildman–Crippen MR) is 71.5 cm³/mol. The lowest BCUT2D eigenvalue weighted by atomic mass is 10.0. The van der Waals surface area contributed by atoms with Crippen LogP contribution in [-0.4, -0.2) is 39.9 Å². The van der Waals surface area contributed by atoms with E-state index in [2.05, 4.69) is 30.9 Å². The van der Waals surface area contributed by atoms with Crippen LogP contribution in [-0.2, 0) is 4.74 Å². The fourth-order valence-corrected chi connectivity index (χ4v) is 2.23. The third-order valence-electron chi connectivity index (χ3n) is 3.34. The average molecular weight is 263 g/mol. The highest BCUT2D eigenvalue weighted by molar-refractivity contribution is 5.86. The molecule has 1 aliphatic rings. The van der Waals surface area contributed by atoms with Crippen molar-refractivity contribution in [3.05, 3.63) is 6.20 Å². The van der Waals surface area contributed by atoms with E-state index in [1.54, 1.807) is 6.20 Å². The van der Waals surface area contributed by atoms with Crippen LogP contribution in [0.5, 0.6) is 0 Å². The standard InChI is InChI=1S/C11H17N7O/c12-17-11-15-9(8-6-14-18-10(8)16-11)13-5-7-1-3-19-4-2-7/h6-7H,1-5,12H2,(H3,13,14,15,16,17,18). The molecule has 8 nitrogen and oxygen atoms in total. The first-order valence-electron chi connectivity index (χ1n) is 6.36. The number of anilines is 2. The molecule has 2 aromatic heterocycles. The number of nitrogens with zero attached hydrogens (tertiary/aromatic N) is 3. The largest absolute Gasteiger partial charge is 0.381 e. The van der Waals surface area contributed by atoms with E-state index in [1.807, 2.05) is 0 Å². The van der Waals surface area contributed by atoms with E-state index in [0.29, 0.717) is 17.5 Å². The van der Waals surface area contributed by atoms with Gasteiger partial charge in [0.2, 0.25) is 5.95 Å². The molecule has 19 heavy (non-hydrogen) atoms. The van der Waals surface area contributed by atoms with Crippen molar-refractivity contribution in [2.45, 2.75) is 12.8 Å². The Balaban J connectivity index is 1.77. The van der Waals surface area contributed by atoms with Gasteiger partial charge in [0.05, 0.1) is 11.6 Å². The molecule has 8 heteroatoms. The summed E-state index contributed by atoms with van der Waals surface area (Å²) >= 11 is 0. The van der Waals surface area contributed by atoms with Crippen LogP contribution in [0.1, 0.15) is 12.8 Å². The molecule has 0 saturated carbocycles. The first kappa shape index (κ1) is 12.1. The lowest BCUT2D eigenvalue weighted by Gasteiger charge is -2.22. The molecular weight excluding hydrogens is 246 g/mol. The predicted octanol–water partition coefficient (Wildman–Crippen LogP) is 0.477. The minimum Gasteiger partial charge on any atom is -0.381 e. The Hall–Kier alpha value is -1.93. The van der Waals surface area contributed by atoms with Gasteiger partial charge in [-0.15, -0.1) is 0 Å². The van der Waals surface area contributed by atoms with Crippen LogP contribution < -0.4 is 16.6 Å². The fourth-order valence-electron chi connectivity index (χ4n) is 2.23. The zero-order valence-corrected chi connectivity index (χ0v) is 10.5. The molecule has 3 heterocycles. The third-order valence-corrected chi connectivity index (χ3v) is 3.34. The number of fused-ring (bicyclic) bond motifs is 1.